The van der Waals surface area contributed by atoms with Crippen LogP contribution in [-0.2, 0) is 0 Å². The molecule has 0 radical (unpaired) electrons. The van der Waals surface area contributed by atoms with Gasteiger partial charge in [0.2, 0.25) is 0 Å². The second-order valence-electron chi connectivity index (χ2n) is 6.24. The highest BCUT2D eigenvalue weighted by molar-refractivity contribution is 4.76. The Labute approximate surface area is 89.9 Å². The molecule has 0 aliphatic carbocycles. The van der Waals surface area contributed by atoms with Crippen molar-refractivity contribution in [2.45, 2.75) is 73.3 Å². The average Bonchev–Trinajstić information content (AvgIpc) is 1.99. The van der Waals surface area contributed by atoms with Crippen LogP contribution in [0.3, 0.4) is 0 Å². The minimum atomic E-state index is -0.172. The molecule has 0 spiro atoms. The first-order valence-electron chi connectivity index (χ1n) is 5.87. The van der Waals surface area contributed by atoms with E-state index >= 15 is 0 Å². The molecular weight excluding hydrogens is 172 g/mol. The quantitative estimate of drug-likeness (QED) is 0.687. The minimum Gasteiger partial charge on any atom is -0.393 e. The van der Waals surface area contributed by atoms with Gasteiger partial charge in [-0.2, -0.15) is 0 Å². The van der Waals surface area contributed by atoms with E-state index in [4.69, 9.17) is 0 Å². The third kappa shape index (κ3) is 6.42. The fourth-order valence-electron chi connectivity index (χ4n) is 1.76. The number of hydrogen-bond donors (Lipinski definition) is 1. The predicted molar refractivity (Wildman–Crippen MR) is 63.4 cm³/mol. The van der Waals surface area contributed by atoms with E-state index in [1.54, 1.807) is 0 Å². The maximum absolute atomic E-state index is 9.37. The van der Waals surface area contributed by atoms with Gasteiger partial charge >= 0.3 is 0 Å². The van der Waals surface area contributed by atoms with Crippen LogP contribution < -0.4 is 0 Å². The molecule has 0 heterocycles. The van der Waals surface area contributed by atoms with Crippen molar-refractivity contribution in [1.29, 1.82) is 0 Å². The van der Waals surface area contributed by atoms with E-state index in [0.717, 1.165) is 6.42 Å². The largest absolute Gasteiger partial charge is 0.393 e. The standard InChI is InChI=1S/C13H28O/c1-7-12(3,4)8-9-13(5,6)10-11(2)14/h11,14H,7-10H2,1-6H3. The third-order valence-corrected chi connectivity index (χ3v) is 3.28. The number of aliphatic hydroxyl groups excluding tert-OH is 1. The van der Waals surface area contributed by atoms with Gasteiger partial charge in [0.05, 0.1) is 6.10 Å². The number of rotatable bonds is 6. The molecule has 0 aromatic rings. The summed E-state index contributed by atoms with van der Waals surface area (Å²) in [6.07, 6.45) is 4.43. The summed E-state index contributed by atoms with van der Waals surface area (Å²) in [5.41, 5.74) is 0.733. The zero-order chi connectivity index (χ0) is 11.4. The lowest BCUT2D eigenvalue weighted by atomic mass is 9.75. The molecule has 86 valence electrons. The van der Waals surface area contributed by atoms with E-state index in [0.29, 0.717) is 5.41 Å². The van der Waals surface area contributed by atoms with E-state index in [1.807, 2.05) is 6.92 Å². The van der Waals surface area contributed by atoms with E-state index in [9.17, 15) is 5.11 Å². The first-order valence-corrected chi connectivity index (χ1v) is 5.87. The monoisotopic (exact) mass is 200 g/mol. The SMILES string of the molecule is CCC(C)(C)CCC(C)(C)CC(C)O. The van der Waals surface area contributed by atoms with Crippen molar-refractivity contribution in [2.24, 2.45) is 10.8 Å². The van der Waals surface area contributed by atoms with Crippen LogP contribution in [0.2, 0.25) is 0 Å². The molecule has 1 N–H and O–H groups in total. The molecule has 0 aliphatic heterocycles. The van der Waals surface area contributed by atoms with Crippen LogP contribution in [0.25, 0.3) is 0 Å². The van der Waals surface area contributed by atoms with Crippen LogP contribution in [-0.4, -0.2) is 11.2 Å². The summed E-state index contributed by atoms with van der Waals surface area (Å²) >= 11 is 0. The highest BCUT2D eigenvalue weighted by Gasteiger charge is 2.24. The summed E-state index contributed by atoms with van der Waals surface area (Å²) in [5, 5.41) is 9.37. The van der Waals surface area contributed by atoms with Crippen LogP contribution in [0.15, 0.2) is 0 Å². The number of aliphatic hydroxyl groups is 1. The molecule has 0 aliphatic rings. The fourth-order valence-corrected chi connectivity index (χ4v) is 1.76. The summed E-state index contributed by atoms with van der Waals surface area (Å²) in [5.74, 6) is 0. The Balaban J connectivity index is 3.98. The molecule has 0 fully saturated rings. The van der Waals surface area contributed by atoms with Gasteiger partial charge in [-0.15, -0.1) is 0 Å². The van der Waals surface area contributed by atoms with Crippen molar-refractivity contribution < 1.29 is 5.11 Å². The Morgan fingerprint density at radius 1 is 1.00 bits per heavy atom. The Morgan fingerprint density at radius 3 is 1.79 bits per heavy atom. The topological polar surface area (TPSA) is 20.2 Å². The molecule has 0 saturated carbocycles. The lowest BCUT2D eigenvalue weighted by Gasteiger charge is -2.31. The zero-order valence-corrected chi connectivity index (χ0v) is 10.9. The van der Waals surface area contributed by atoms with Crippen molar-refractivity contribution >= 4 is 0 Å². The van der Waals surface area contributed by atoms with Crippen molar-refractivity contribution in [1.82, 2.24) is 0 Å². The average molecular weight is 200 g/mol. The Bertz CT molecular complexity index is 157. The molecule has 0 saturated heterocycles. The van der Waals surface area contributed by atoms with Crippen molar-refractivity contribution in [3.63, 3.8) is 0 Å². The summed E-state index contributed by atoms with van der Waals surface area (Å²) < 4.78 is 0. The second kappa shape index (κ2) is 5.16. The van der Waals surface area contributed by atoms with E-state index in [2.05, 4.69) is 34.6 Å². The van der Waals surface area contributed by atoms with Crippen molar-refractivity contribution in [3.05, 3.63) is 0 Å². The summed E-state index contributed by atoms with van der Waals surface area (Å²) in [6.45, 7) is 13.3. The fraction of sp³-hybridized carbons (Fsp3) is 1.00. The molecule has 1 unspecified atom stereocenters. The van der Waals surface area contributed by atoms with Gasteiger partial charge in [0.1, 0.15) is 0 Å². The molecule has 0 amide bonds. The minimum absolute atomic E-state index is 0.172. The van der Waals surface area contributed by atoms with Gasteiger partial charge in [-0.3, -0.25) is 0 Å². The highest BCUT2D eigenvalue weighted by Crippen LogP contribution is 2.35. The molecular formula is C13H28O. The van der Waals surface area contributed by atoms with Crippen LogP contribution >= 0.6 is 0 Å². The van der Waals surface area contributed by atoms with E-state index in [1.165, 1.54) is 19.3 Å². The smallest absolute Gasteiger partial charge is 0.0517 e. The van der Waals surface area contributed by atoms with E-state index < -0.39 is 0 Å². The van der Waals surface area contributed by atoms with Crippen LogP contribution in [0.1, 0.15) is 67.2 Å². The first-order chi connectivity index (χ1) is 6.18. The molecule has 1 atom stereocenters. The maximum Gasteiger partial charge on any atom is 0.0517 e. The van der Waals surface area contributed by atoms with E-state index in [-0.39, 0.29) is 11.5 Å². The van der Waals surface area contributed by atoms with Gasteiger partial charge in [-0.1, -0.05) is 41.0 Å². The third-order valence-electron chi connectivity index (χ3n) is 3.28. The van der Waals surface area contributed by atoms with Crippen molar-refractivity contribution in [2.75, 3.05) is 0 Å². The van der Waals surface area contributed by atoms with Gasteiger partial charge in [-0.25, -0.2) is 0 Å². The number of hydrogen-bond acceptors (Lipinski definition) is 1. The molecule has 1 heteroatoms. The molecule has 0 aromatic heterocycles. The first kappa shape index (κ1) is 14.0. The molecule has 0 rings (SSSR count). The molecule has 14 heavy (non-hydrogen) atoms. The lowest BCUT2D eigenvalue weighted by Crippen LogP contribution is -2.21. The van der Waals surface area contributed by atoms with Crippen LogP contribution in [0.5, 0.6) is 0 Å². The second-order valence-corrected chi connectivity index (χ2v) is 6.24. The van der Waals surface area contributed by atoms with Crippen LogP contribution in [0.4, 0.5) is 0 Å². The lowest BCUT2D eigenvalue weighted by molar-refractivity contribution is 0.113. The molecule has 0 aromatic carbocycles. The summed E-state index contributed by atoms with van der Waals surface area (Å²) in [6, 6.07) is 0. The van der Waals surface area contributed by atoms with Gasteiger partial charge in [0.25, 0.3) is 0 Å². The summed E-state index contributed by atoms with van der Waals surface area (Å²) in [4.78, 5) is 0. The Kier molecular flexibility index (Phi) is 5.14. The normalized spacial score (nSPS) is 15.6. The van der Waals surface area contributed by atoms with Gasteiger partial charge < -0.3 is 5.11 Å². The van der Waals surface area contributed by atoms with Gasteiger partial charge in [-0.05, 0) is 37.0 Å². The zero-order valence-electron chi connectivity index (χ0n) is 10.9. The summed E-state index contributed by atoms with van der Waals surface area (Å²) in [7, 11) is 0. The predicted octanol–water partition coefficient (Wildman–Crippen LogP) is 4.00. The highest BCUT2D eigenvalue weighted by atomic mass is 16.3. The maximum atomic E-state index is 9.37. The molecule has 1 nitrogen and oxygen atoms in total. The van der Waals surface area contributed by atoms with Crippen molar-refractivity contribution in [3.8, 4) is 0 Å². The molecule has 0 bridgehead atoms. The Morgan fingerprint density at radius 2 is 1.43 bits per heavy atom. The van der Waals surface area contributed by atoms with Gasteiger partial charge in [0, 0.05) is 0 Å². The Hall–Kier alpha value is -0.0400. The van der Waals surface area contributed by atoms with Crippen LogP contribution in [0, 0.1) is 10.8 Å². The van der Waals surface area contributed by atoms with Gasteiger partial charge in [0.15, 0.2) is 0 Å².